The summed E-state index contributed by atoms with van der Waals surface area (Å²) < 4.78 is 27.0. The van der Waals surface area contributed by atoms with Gasteiger partial charge in [0.2, 0.25) is 10.0 Å². The lowest BCUT2D eigenvalue weighted by atomic mass is 10.3. The van der Waals surface area contributed by atoms with Crippen LogP contribution in [0.1, 0.15) is 6.42 Å². The van der Waals surface area contributed by atoms with Crippen LogP contribution in [0.15, 0.2) is 53.6 Å². The smallest absolute Gasteiger partial charge is 0.244 e. The summed E-state index contributed by atoms with van der Waals surface area (Å²) in [4.78, 5) is 8.89. The third kappa shape index (κ3) is 5.21. The van der Waals surface area contributed by atoms with E-state index >= 15 is 0 Å². The first-order valence-electron chi connectivity index (χ1n) is 9.61. The number of anilines is 2. The Balaban J connectivity index is 1.48. The molecule has 28 heavy (non-hydrogen) atoms. The second-order valence-corrected chi connectivity index (χ2v) is 9.06. The second kappa shape index (κ2) is 9.36. The van der Waals surface area contributed by atoms with Gasteiger partial charge in [-0.3, -0.25) is 0 Å². The Morgan fingerprint density at radius 1 is 1.07 bits per heavy atom. The van der Waals surface area contributed by atoms with Crippen molar-refractivity contribution in [1.82, 2.24) is 14.2 Å². The summed E-state index contributed by atoms with van der Waals surface area (Å²) >= 11 is 0. The molecule has 1 aliphatic heterocycles. The zero-order chi connectivity index (χ0) is 20.0. The van der Waals surface area contributed by atoms with Gasteiger partial charge in [-0.25, -0.2) is 13.4 Å². The van der Waals surface area contributed by atoms with Crippen molar-refractivity contribution >= 4 is 21.5 Å². The van der Waals surface area contributed by atoms with E-state index in [4.69, 9.17) is 0 Å². The third-order valence-corrected chi connectivity index (χ3v) is 6.89. The number of likely N-dealkylation sites (N-methyl/N-ethyl adjacent to an activating group) is 1. The first-order chi connectivity index (χ1) is 13.5. The van der Waals surface area contributed by atoms with Gasteiger partial charge in [-0.2, -0.15) is 4.31 Å². The van der Waals surface area contributed by atoms with Crippen molar-refractivity contribution in [3.63, 3.8) is 0 Å². The van der Waals surface area contributed by atoms with Crippen LogP contribution in [0, 0.1) is 0 Å². The molecule has 0 saturated carbocycles. The first kappa shape index (κ1) is 20.6. The minimum absolute atomic E-state index is 0.256. The highest BCUT2D eigenvalue weighted by Gasteiger charge is 2.27. The minimum Gasteiger partial charge on any atom is -0.375 e. The Morgan fingerprint density at radius 3 is 2.43 bits per heavy atom. The average molecular weight is 404 g/mol. The van der Waals surface area contributed by atoms with Crippen molar-refractivity contribution in [2.75, 3.05) is 63.6 Å². The van der Waals surface area contributed by atoms with Crippen molar-refractivity contribution in [2.24, 2.45) is 0 Å². The fraction of sp³-hybridized carbons (Fsp3) is 0.450. The Morgan fingerprint density at radius 2 is 1.79 bits per heavy atom. The number of pyridine rings is 1. The number of aromatic nitrogens is 1. The number of piperazine rings is 1. The van der Waals surface area contributed by atoms with Crippen LogP contribution in [0.25, 0.3) is 0 Å². The molecule has 0 radical (unpaired) electrons. The lowest BCUT2D eigenvalue weighted by Crippen LogP contribution is -2.47. The van der Waals surface area contributed by atoms with E-state index in [9.17, 15) is 8.42 Å². The molecule has 0 bridgehead atoms. The van der Waals surface area contributed by atoms with E-state index in [1.54, 1.807) is 12.1 Å². The predicted molar refractivity (Wildman–Crippen MR) is 113 cm³/mol. The van der Waals surface area contributed by atoms with E-state index in [1.165, 1.54) is 16.2 Å². The fourth-order valence-corrected chi connectivity index (χ4v) is 4.53. The van der Waals surface area contributed by atoms with Crippen LogP contribution in [-0.4, -0.2) is 76.0 Å². The third-order valence-electron chi connectivity index (χ3n) is 5.01. The van der Waals surface area contributed by atoms with Crippen LogP contribution in [0.2, 0.25) is 0 Å². The Kier molecular flexibility index (Phi) is 6.88. The number of para-hydroxylation sites is 1. The summed E-state index contributed by atoms with van der Waals surface area (Å²) in [5, 5.41) is 3.26. The summed E-state index contributed by atoms with van der Waals surface area (Å²) in [5.74, 6) is 0.694. The largest absolute Gasteiger partial charge is 0.375 e. The zero-order valence-electron chi connectivity index (χ0n) is 16.6. The molecule has 8 heteroatoms. The van der Waals surface area contributed by atoms with Crippen LogP contribution < -0.4 is 10.2 Å². The van der Waals surface area contributed by atoms with Gasteiger partial charge in [-0.15, -0.1) is 0 Å². The molecule has 1 aliphatic rings. The van der Waals surface area contributed by atoms with Gasteiger partial charge in [0, 0.05) is 58.2 Å². The van der Waals surface area contributed by atoms with Crippen molar-refractivity contribution in [3.05, 3.63) is 48.7 Å². The van der Waals surface area contributed by atoms with E-state index in [0.29, 0.717) is 18.9 Å². The van der Waals surface area contributed by atoms with E-state index in [-0.39, 0.29) is 4.90 Å². The second-order valence-electron chi connectivity index (χ2n) is 7.12. The summed E-state index contributed by atoms with van der Waals surface area (Å²) in [6.07, 6.45) is 2.40. The van der Waals surface area contributed by atoms with Crippen LogP contribution in [0.3, 0.4) is 0 Å². The van der Waals surface area contributed by atoms with Crippen molar-refractivity contribution < 1.29 is 8.42 Å². The van der Waals surface area contributed by atoms with E-state index in [1.807, 2.05) is 25.2 Å². The lowest BCUT2D eigenvalue weighted by Gasteiger charge is -2.31. The molecule has 1 aromatic heterocycles. The number of rotatable bonds is 8. The van der Waals surface area contributed by atoms with Crippen molar-refractivity contribution in [1.29, 1.82) is 0 Å². The maximum atomic E-state index is 12.7. The molecule has 3 rings (SSSR count). The maximum Gasteiger partial charge on any atom is 0.244 e. The maximum absolute atomic E-state index is 12.7. The van der Waals surface area contributed by atoms with Crippen LogP contribution >= 0.6 is 0 Å². The van der Waals surface area contributed by atoms with Gasteiger partial charge >= 0.3 is 0 Å². The fourth-order valence-electron chi connectivity index (χ4n) is 3.16. The highest BCUT2D eigenvalue weighted by Crippen LogP contribution is 2.18. The number of sulfonamides is 1. The molecule has 1 aromatic carbocycles. The Bertz CT molecular complexity index is 835. The molecule has 1 N–H and O–H groups in total. The van der Waals surface area contributed by atoms with Gasteiger partial charge in [0.15, 0.2) is 0 Å². The van der Waals surface area contributed by atoms with Gasteiger partial charge in [0.25, 0.3) is 0 Å². The standard InChI is InChI=1S/C20H29N5O2S/c1-23-13-15-25(16-14-23)28(26,27)19-9-10-20(22-17-19)21-11-6-12-24(2)18-7-4-3-5-8-18/h3-5,7-10,17H,6,11-16H2,1-2H3,(H,21,22). The average Bonchev–Trinajstić information content (AvgIpc) is 2.72. The van der Waals surface area contributed by atoms with Crippen LogP contribution in [0.5, 0.6) is 0 Å². The van der Waals surface area contributed by atoms with Gasteiger partial charge in [-0.05, 0) is 37.7 Å². The number of hydrogen-bond donors (Lipinski definition) is 1. The van der Waals surface area contributed by atoms with Gasteiger partial charge in [0.05, 0.1) is 0 Å². The van der Waals surface area contributed by atoms with E-state index < -0.39 is 10.0 Å². The summed E-state index contributed by atoms with van der Waals surface area (Å²) in [5.41, 5.74) is 1.19. The molecule has 0 atom stereocenters. The topological polar surface area (TPSA) is 68.8 Å². The van der Waals surface area contributed by atoms with E-state index in [0.717, 1.165) is 32.6 Å². The molecular formula is C20H29N5O2S. The number of nitrogens with zero attached hydrogens (tertiary/aromatic N) is 4. The molecule has 1 saturated heterocycles. The van der Waals surface area contributed by atoms with Gasteiger partial charge in [-0.1, -0.05) is 18.2 Å². The molecule has 2 heterocycles. The highest BCUT2D eigenvalue weighted by molar-refractivity contribution is 7.89. The minimum atomic E-state index is -3.46. The summed E-state index contributed by atoms with van der Waals surface area (Å²) in [6, 6.07) is 13.6. The van der Waals surface area contributed by atoms with Gasteiger partial charge in [0.1, 0.15) is 10.7 Å². The Hall–Kier alpha value is -2.16. The van der Waals surface area contributed by atoms with Crippen molar-refractivity contribution in [2.45, 2.75) is 11.3 Å². The van der Waals surface area contributed by atoms with Crippen molar-refractivity contribution in [3.8, 4) is 0 Å². The SMILES string of the molecule is CN1CCN(S(=O)(=O)c2ccc(NCCCN(C)c3ccccc3)nc2)CC1. The quantitative estimate of drug-likeness (QED) is 0.680. The molecule has 7 nitrogen and oxygen atoms in total. The molecule has 1 fully saturated rings. The molecule has 2 aromatic rings. The number of benzene rings is 1. The van der Waals surface area contributed by atoms with Gasteiger partial charge < -0.3 is 15.1 Å². The predicted octanol–water partition coefficient (Wildman–Crippen LogP) is 1.96. The number of hydrogen-bond acceptors (Lipinski definition) is 6. The molecular weight excluding hydrogens is 374 g/mol. The van der Waals surface area contributed by atoms with E-state index in [2.05, 4.69) is 39.3 Å². The van der Waals surface area contributed by atoms with Crippen LogP contribution in [-0.2, 0) is 10.0 Å². The lowest BCUT2D eigenvalue weighted by molar-refractivity contribution is 0.222. The summed E-state index contributed by atoms with van der Waals surface area (Å²) in [7, 11) is 0.619. The Labute approximate surface area is 168 Å². The molecule has 152 valence electrons. The zero-order valence-corrected chi connectivity index (χ0v) is 17.4. The monoisotopic (exact) mass is 403 g/mol. The molecule has 0 spiro atoms. The molecule has 0 amide bonds. The highest BCUT2D eigenvalue weighted by atomic mass is 32.2. The summed E-state index contributed by atoms with van der Waals surface area (Å²) in [6.45, 7) is 4.25. The first-order valence-corrected chi connectivity index (χ1v) is 11.1. The van der Waals surface area contributed by atoms with Crippen LogP contribution in [0.4, 0.5) is 11.5 Å². The number of nitrogens with one attached hydrogen (secondary N) is 1. The molecule has 0 aliphatic carbocycles. The normalized spacial score (nSPS) is 16.1. The molecule has 0 unspecified atom stereocenters.